The maximum atomic E-state index is 13.6. The van der Waals surface area contributed by atoms with E-state index in [-0.39, 0.29) is 24.1 Å². The zero-order valence-corrected chi connectivity index (χ0v) is 20.0. The minimum atomic E-state index is -4.75. The van der Waals surface area contributed by atoms with Crippen molar-refractivity contribution >= 4 is 11.6 Å². The minimum Gasteiger partial charge on any atom is -0.370 e. The molecule has 1 amide bonds. The molecule has 4 nitrogen and oxygen atoms in total. The number of carbonyl (C=O) groups excluding carboxylic acids is 1. The molecule has 0 unspecified atom stereocenters. The third-order valence-electron chi connectivity index (χ3n) is 6.19. The number of pyridine rings is 1. The van der Waals surface area contributed by atoms with Crippen molar-refractivity contribution in [2.75, 3.05) is 18.0 Å². The van der Waals surface area contributed by atoms with E-state index in [1.54, 1.807) is 58.0 Å². The van der Waals surface area contributed by atoms with E-state index in [1.165, 1.54) is 4.90 Å². The van der Waals surface area contributed by atoms with Crippen LogP contribution in [0.4, 0.5) is 32.0 Å². The molecule has 192 valence electrons. The summed E-state index contributed by atoms with van der Waals surface area (Å²) in [5, 5.41) is 2.80. The average molecular weight is 502 g/mol. The Balaban J connectivity index is 2.14. The predicted octanol–water partition coefficient (Wildman–Crippen LogP) is 6.20. The molecule has 2 aromatic rings. The summed E-state index contributed by atoms with van der Waals surface area (Å²) in [5.74, 6) is -4.72. The number of anilines is 1. The van der Waals surface area contributed by atoms with E-state index < -0.39 is 43.7 Å². The second-order valence-electron chi connectivity index (χ2n) is 9.44. The van der Waals surface area contributed by atoms with Gasteiger partial charge in [-0.25, -0.2) is 0 Å². The molecule has 0 radical (unpaired) electrons. The molecule has 0 bridgehead atoms. The summed E-state index contributed by atoms with van der Waals surface area (Å²) in [6, 6.07) is 8.34. The summed E-state index contributed by atoms with van der Waals surface area (Å²) < 4.78 is 81.8. The Morgan fingerprint density at radius 3 is 2.06 bits per heavy atom. The van der Waals surface area contributed by atoms with Gasteiger partial charge in [0.25, 0.3) is 0 Å². The van der Waals surface area contributed by atoms with Crippen molar-refractivity contribution in [2.45, 2.75) is 53.0 Å². The van der Waals surface area contributed by atoms with Gasteiger partial charge in [-0.3, -0.25) is 9.78 Å². The molecule has 3 rings (SSSR count). The molecule has 35 heavy (non-hydrogen) atoms. The first-order valence-corrected chi connectivity index (χ1v) is 11.4. The van der Waals surface area contributed by atoms with E-state index >= 15 is 0 Å². The molecule has 0 spiro atoms. The lowest BCUT2D eigenvalue weighted by Crippen LogP contribution is -2.49. The van der Waals surface area contributed by atoms with Gasteiger partial charge in [0.15, 0.2) is 0 Å². The number of halogens is 6. The number of aryl methyl sites for hydroxylation is 2. The molecule has 1 saturated heterocycles. The van der Waals surface area contributed by atoms with Crippen LogP contribution in [0.15, 0.2) is 30.3 Å². The molecule has 2 heterocycles. The van der Waals surface area contributed by atoms with Crippen LogP contribution in [0.3, 0.4) is 0 Å². The van der Waals surface area contributed by atoms with Crippen molar-refractivity contribution in [3.8, 4) is 11.1 Å². The number of hydrogen-bond acceptors (Lipinski definition) is 3. The lowest BCUT2D eigenvalue weighted by molar-refractivity contribution is -0.214. The second-order valence-corrected chi connectivity index (χ2v) is 9.44. The van der Waals surface area contributed by atoms with Crippen LogP contribution in [-0.2, 0) is 11.3 Å². The van der Waals surface area contributed by atoms with Crippen LogP contribution in [0.2, 0.25) is 0 Å². The fraction of sp³-hybridized carbons (Fsp3) is 0.520. The molecule has 1 aliphatic rings. The van der Waals surface area contributed by atoms with Gasteiger partial charge in [0.05, 0.1) is 11.8 Å². The Hall–Kier alpha value is -2.78. The van der Waals surface area contributed by atoms with Crippen LogP contribution in [0.25, 0.3) is 11.1 Å². The lowest BCUT2D eigenvalue weighted by atomic mass is 9.86. The van der Waals surface area contributed by atoms with Crippen molar-refractivity contribution in [3.05, 3.63) is 47.3 Å². The summed E-state index contributed by atoms with van der Waals surface area (Å²) in [4.78, 5) is 17.7. The highest BCUT2D eigenvalue weighted by Gasteiger charge is 2.51. The van der Waals surface area contributed by atoms with Gasteiger partial charge in [0, 0.05) is 48.2 Å². The summed E-state index contributed by atoms with van der Waals surface area (Å²) >= 11 is 0. The van der Waals surface area contributed by atoms with Gasteiger partial charge in [-0.2, -0.15) is 26.3 Å². The molecule has 0 saturated carbocycles. The van der Waals surface area contributed by atoms with Crippen LogP contribution in [0.1, 0.15) is 37.2 Å². The Morgan fingerprint density at radius 1 is 1.03 bits per heavy atom. The average Bonchev–Trinajstić information content (AvgIpc) is 2.74. The van der Waals surface area contributed by atoms with Crippen molar-refractivity contribution in [3.63, 3.8) is 0 Å². The molecule has 1 aromatic heterocycles. The quantitative estimate of drug-likeness (QED) is 0.496. The molecule has 0 aliphatic carbocycles. The summed E-state index contributed by atoms with van der Waals surface area (Å²) in [6.45, 7) is 5.91. The molecule has 1 fully saturated rings. The number of carbonyl (C=O) groups is 1. The summed E-state index contributed by atoms with van der Waals surface area (Å²) in [7, 11) is 0. The van der Waals surface area contributed by atoms with Gasteiger partial charge < -0.3 is 10.2 Å². The van der Waals surface area contributed by atoms with Crippen molar-refractivity contribution in [1.82, 2.24) is 10.3 Å². The SMILES string of the molecule is Cc1cc(-c2c(CNC(=O)C(C)C)cccc2N2C[C@H](C(F)(F)F)C[C@H](C(F)(F)F)C2)cc(C)n1. The minimum absolute atomic E-state index is 0.0832. The van der Waals surface area contributed by atoms with Crippen molar-refractivity contribution in [2.24, 2.45) is 17.8 Å². The Labute approximate surface area is 200 Å². The number of piperidine rings is 1. The highest BCUT2D eigenvalue weighted by atomic mass is 19.4. The molecule has 1 N–H and O–H groups in total. The molecular weight excluding hydrogens is 472 g/mol. The first-order valence-electron chi connectivity index (χ1n) is 11.4. The summed E-state index contributed by atoms with van der Waals surface area (Å²) in [6.07, 6.45) is -10.5. The largest absolute Gasteiger partial charge is 0.393 e. The van der Waals surface area contributed by atoms with Gasteiger partial charge in [-0.15, -0.1) is 0 Å². The van der Waals surface area contributed by atoms with E-state index in [2.05, 4.69) is 10.3 Å². The first-order chi connectivity index (χ1) is 16.2. The summed E-state index contributed by atoms with van der Waals surface area (Å²) in [5.41, 5.74) is 3.30. The van der Waals surface area contributed by atoms with Gasteiger partial charge in [0.2, 0.25) is 5.91 Å². The van der Waals surface area contributed by atoms with Crippen LogP contribution in [0, 0.1) is 31.6 Å². The van der Waals surface area contributed by atoms with Crippen LogP contribution >= 0.6 is 0 Å². The Morgan fingerprint density at radius 2 is 1.57 bits per heavy atom. The standard InChI is InChI=1S/C25H29F6N3O/c1-14(2)23(35)32-11-17-6-5-7-21(22(17)18-8-15(3)33-16(4)9-18)34-12-19(24(26,27)28)10-20(13-34)25(29,30)31/h5-9,14,19-20H,10-13H2,1-4H3,(H,32,35)/t19-,20+. The Bertz CT molecular complexity index is 1020. The topological polar surface area (TPSA) is 45.2 Å². The van der Waals surface area contributed by atoms with Crippen LogP contribution in [-0.4, -0.2) is 36.3 Å². The lowest BCUT2D eigenvalue weighted by Gasteiger charge is -2.41. The molecule has 10 heteroatoms. The fourth-order valence-corrected chi connectivity index (χ4v) is 4.47. The van der Waals surface area contributed by atoms with Crippen LogP contribution < -0.4 is 10.2 Å². The highest BCUT2D eigenvalue weighted by molar-refractivity contribution is 5.83. The predicted molar refractivity (Wildman–Crippen MR) is 122 cm³/mol. The monoisotopic (exact) mass is 501 g/mol. The molecule has 1 aliphatic heterocycles. The van der Waals surface area contributed by atoms with E-state index in [0.717, 1.165) is 0 Å². The number of rotatable bonds is 5. The smallest absolute Gasteiger partial charge is 0.370 e. The maximum absolute atomic E-state index is 13.6. The van der Waals surface area contributed by atoms with E-state index in [9.17, 15) is 31.1 Å². The first kappa shape index (κ1) is 26.8. The van der Waals surface area contributed by atoms with E-state index in [4.69, 9.17) is 0 Å². The zero-order chi connectivity index (χ0) is 26.1. The molecular formula is C25H29F6N3O. The zero-order valence-electron chi connectivity index (χ0n) is 20.0. The maximum Gasteiger partial charge on any atom is 0.393 e. The number of alkyl halides is 6. The fourth-order valence-electron chi connectivity index (χ4n) is 4.47. The molecule has 1 aromatic carbocycles. The van der Waals surface area contributed by atoms with Gasteiger partial charge in [-0.05, 0) is 49.6 Å². The van der Waals surface area contributed by atoms with Gasteiger partial charge in [0.1, 0.15) is 0 Å². The third-order valence-corrected chi connectivity index (χ3v) is 6.19. The van der Waals surface area contributed by atoms with E-state index in [0.29, 0.717) is 28.1 Å². The number of aromatic nitrogens is 1. The highest BCUT2D eigenvalue weighted by Crippen LogP contribution is 2.45. The number of hydrogen-bond donors (Lipinski definition) is 1. The number of amides is 1. The number of benzene rings is 1. The molecule has 2 atom stereocenters. The second kappa shape index (κ2) is 10.1. The third kappa shape index (κ3) is 6.46. The van der Waals surface area contributed by atoms with Crippen molar-refractivity contribution in [1.29, 1.82) is 0 Å². The number of nitrogens with zero attached hydrogens (tertiary/aromatic N) is 2. The van der Waals surface area contributed by atoms with Crippen LogP contribution in [0.5, 0.6) is 0 Å². The number of nitrogens with one attached hydrogen (secondary N) is 1. The Kier molecular flexibility index (Phi) is 7.71. The van der Waals surface area contributed by atoms with Gasteiger partial charge >= 0.3 is 12.4 Å². The van der Waals surface area contributed by atoms with Crippen molar-refractivity contribution < 1.29 is 31.1 Å². The normalized spacial score (nSPS) is 19.2. The van der Waals surface area contributed by atoms with Gasteiger partial charge in [-0.1, -0.05) is 26.0 Å². The van der Waals surface area contributed by atoms with E-state index in [1.807, 2.05) is 0 Å².